The number of benzene rings is 1. The number of amides is 1. The van der Waals surface area contributed by atoms with Crippen molar-refractivity contribution in [3.63, 3.8) is 0 Å². The van der Waals surface area contributed by atoms with Crippen molar-refractivity contribution >= 4 is 33.5 Å². The highest BCUT2D eigenvalue weighted by Crippen LogP contribution is 2.28. The summed E-state index contributed by atoms with van der Waals surface area (Å²) in [5.41, 5.74) is 1.27. The van der Waals surface area contributed by atoms with Gasteiger partial charge in [-0.25, -0.2) is 0 Å². The number of anilines is 1. The van der Waals surface area contributed by atoms with Crippen LogP contribution in [0, 0.1) is 11.8 Å². The molecule has 1 unspecified atom stereocenters. The van der Waals surface area contributed by atoms with Gasteiger partial charge in [0, 0.05) is 55.3 Å². The van der Waals surface area contributed by atoms with Gasteiger partial charge in [0.25, 0.3) is 0 Å². The molecule has 1 heterocycles. The summed E-state index contributed by atoms with van der Waals surface area (Å²) >= 11 is 3.55. The van der Waals surface area contributed by atoms with Gasteiger partial charge in [0.2, 0.25) is 5.91 Å². The van der Waals surface area contributed by atoms with E-state index in [1.807, 2.05) is 0 Å². The monoisotopic (exact) mass is 435 g/mol. The summed E-state index contributed by atoms with van der Waals surface area (Å²) in [7, 11) is 0. The lowest BCUT2D eigenvalue weighted by Crippen LogP contribution is -2.42. The molecule has 0 radical (unpaired) electrons. The van der Waals surface area contributed by atoms with Gasteiger partial charge >= 0.3 is 0 Å². The Balaban J connectivity index is 1.41. The number of aliphatic imine (C=N–C) groups is 1. The Morgan fingerprint density at radius 2 is 2.04 bits per heavy atom. The van der Waals surface area contributed by atoms with E-state index in [1.165, 1.54) is 5.69 Å². The van der Waals surface area contributed by atoms with Crippen LogP contribution in [-0.4, -0.2) is 51.1 Å². The Morgan fingerprint density at radius 1 is 1.22 bits per heavy atom. The first-order chi connectivity index (χ1) is 13.2. The van der Waals surface area contributed by atoms with Gasteiger partial charge in [-0.1, -0.05) is 22.0 Å². The first kappa shape index (κ1) is 20.0. The van der Waals surface area contributed by atoms with Crippen LogP contribution in [0.1, 0.15) is 26.2 Å². The topological polar surface area (TPSA) is 68.8 Å². The van der Waals surface area contributed by atoms with Gasteiger partial charge in [-0.05, 0) is 50.3 Å². The van der Waals surface area contributed by atoms with Crippen LogP contribution in [0.3, 0.4) is 0 Å². The Morgan fingerprint density at radius 3 is 2.78 bits per heavy atom. The second kappa shape index (κ2) is 9.97. The summed E-state index contributed by atoms with van der Waals surface area (Å²) < 4.78 is 1.12. The average Bonchev–Trinajstić information content (AvgIpc) is 3.41. The molecule has 1 aromatic carbocycles. The standard InChI is InChI=1S/C20H30BrN5O/c1-2-22-20(24-10-9-23-19(27)16-6-7-16)25-13-15-8-11-26(14-15)18-5-3-4-17(21)12-18/h3-5,12,15-16H,2,6-11,13-14H2,1H3,(H,23,27)(H2,22,24,25). The largest absolute Gasteiger partial charge is 0.371 e. The maximum atomic E-state index is 11.7. The zero-order chi connectivity index (χ0) is 19.1. The minimum absolute atomic E-state index is 0.192. The molecule has 27 heavy (non-hydrogen) atoms. The number of hydrogen-bond donors (Lipinski definition) is 3. The lowest BCUT2D eigenvalue weighted by molar-refractivity contribution is -0.122. The Hall–Kier alpha value is -1.76. The van der Waals surface area contributed by atoms with Gasteiger partial charge in [-0.3, -0.25) is 9.79 Å². The molecule has 1 amide bonds. The van der Waals surface area contributed by atoms with Crippen molar-refractivity contribution in [2.24, 2.45) is 16.8 Å². The third-order valence-electron chi connectivity index (χ3n) is 4.98. The molecule has 1 atom stereocenters. The predicted molar refractivity (Wildman–Crippen MR) is 114 cm³/mol. The zero-order valence-electron chi connectivity index (χ0n) is 16.0. The van der Waals surface area contributed by atoms with E-state index in [0.717, 1.165) is 55.9 Å². The quantitative estimate of drug-likeness (QED) is 0.333. The van der Waals surface area contributed by atoms with Crippen molar-refractivity contribution in [3.8, 4) is 0 Å². The molecule has 6 nitrogen and oxygen atoms in total. The maximum Gasteiger partial charge on any atom is 0.223 e. The molecule has 0 aromatic heterocycles. The molecule has 2 aliphatic rings. The molecule has 2 fully saturated rings. The highest BCUT2D eigenvalue weighted by molar-refractivity contribution is 9.10. The number of rotatable bonds is 8. The summed E-state index contributed by atoms with van der Waals surface area (Å²) in [6.07, 6.45) is 3.25. The van der Waals surface area contributed by atoms with Crippen molar-refractivity contribution in [2.45, 2.75) is 26.2 Å². The molecule has 0 spiro atoms. The molecule has 1 aliphatic carbocycles. The van der Waals surface area contributed by atoms with Gasteiger partial charge < -0.3 is 20.9 Å². The molecule has 7 heteroatoms. The van der Waals surface area contributed by atoms with Gasteiger partial charge in [-0.15, -0.1) is 0 Å². The van der Waals surface area contributed by atoms with Crippen molar-refractivity contribution in [3.05, 3.63) is 28.7 Å². The number of halogens is 1. The number of nitrogens with zero attached hydrogens (tertiary/aromatic N) is 2. The van der Waals surface area contributed by atoms with Gasteiger partial charge in [-0.2, -0.15) is 0 Å². The number of guanidine groups is 1. The Kier molecular flexibility index (Phi) is 7.38. The van der Waals surface area contributed by atoms with E-state index in [1.54, 1.807) is 0 Å². The van der Waals surface area contributed by atoms with Crippen LogP contribution in [0.5, 0.6) is 0 Å². The minimum atomic E-state index is 0.192. The van der Waals surface area contributed by atoms with Crippen LogP contribution in [-0.2, 0) is 4.79 Å². The lowest BCUT2D eigenvalue weighted by atomic mass is 10.1. The van der Waals surface area contributed by atoms with Crippen molar-refractivity contribution in [1.29, 1.82) is 0 Å². The molecular formula is C20H30BrN5O. The van der Waals surface area contributed by atoms with Crippen LogP contribution in [0.25, 0.3) is 0 Å². The molecular weight excluding hydrogens is 406 g/mol. The van der Waals surface area contributed by atoms with Crippen molar-refractivity contribution < 1.29 is 4.79 Å². The van der Waals surface area contributed by atoms with E-state index in [4.69, 9.17) is 4.99 Å². The number of nitrogens with one attached hydrogen (secondary N) is 3. The fraction of sp³-hybridized carbons (Fsp3) is 0.600. The Labute approximate surface area is 170 Å². The second-order valence-corrected chi connectivity index (χ2v) is 8.21. The van der Waals surface area contributed by atoms with E-state index in [0.29, 0.717) is 19.0 Å². The predicted octanol–water partition coefficient (Wildman–Crippen LogP) is 2.36. The zero-order valence-corrected chi connectivity index (χ0v) is 17.6. The van der Waals surface area contributed by atoms with E-state index in [9.17, 15) is 4.79 Å². The van der Waals surface area contributed by atoms with E-state index >= 15 is 0 Å². The molecule has 3 N–H and O–H groups in total. The van der Waals surface area contributed by atoms with Crippen LogP contribution < -0.4 is 20.9 Å². The van der Waals surface area contributed by atoms with E-state index < -0.39 is 0 Å². The van der Waals surface area contributed by atoms with Crippen LogP contribution in [0.4, 0.5) is 5.69 Å². The number of carbonyl (C=O) groups is 1. The third-order valence-corrected chi connectivity index (χ3v) is 5.47. The molecule has 1 aliphatic heterocycles. The molecule has 3 rings (SSSR count). The van der Waals surface area contributed by atoms with E-state index in [2.05, 4.69) is 68.0 Å². The van der Waals surface area contributed by atoms with Gasteiger partial charge in [0.05, 0.1) is 0 Å². The highest BCUT2D eigenvalue weighted by atomic mass is 79.9. The van der Waals surface area contributed by atoms with Gasteiger partial charge in [0.15, 0.2) is 5.96 Å². The average molecular weight is 436 g/mol. The summed E-state index contributed by atoms with van der Waals surface area (Å²) in [6.45, 7) is 7.16. The Bertz CT molecular complexity index is 662. The fourth-order valence-electron chi connectivity index (χ4n) is 3.31. The lowest BCUT2D eigenvalue weighted by Gasteiger charge is -2.19. The SMILES string of the molecule is CCNC(=NCC1CCN(c2cccc(Br)c2)C1)NCCNC(=O)C1CC1. The molecule has 0 bridgehead atoms. The summed E-state index contributed by atoms with van der Waals surface area (Å²) in [5, 5.41) is 9.57. The smallest absolute Gasteiger partial charge is 0.223 e. The third kappa shape index (κ3) is 6.41. The molecule has 148 valence electrons. The fourth-order valence-corrected chi connectivity index (χ4v) is 3.69. The normalized spacial score (nSPS) is 19.9. The number of hydrogen-bond acceptors (Lipinski definition) is 3. The van der Waals surface area contributed by atoms with Crippen LogP contribution >= 0.6 is 15.9 Å². The van der Waals surface area contributed by atoms with Crippen LogP contribution in [0.15, 0.2) is 33.7 Å². The molecule has 1 saturated carbocycles. The summed E-state index contributed by atoms with van der Waals surface area (Å²) in [4.78, 5) is 18.8. The minimum Gasteiger partial charge on any atom is -0.371 e. The first-order valence-corrected chi connectivity index (χ1v) is 10.8. The number of carbonyl (C=O) groups excluding carboxylic acids is 1. The first-order valence-electron chi connectivity index (χ1n) is 9.96. The second-order valence-electron chi connectivity index (χ2n) is 7.29. The highest BCUT2D eigenvalue weighted by Gasteiger charge is 2.29. The van der Waals surface area contributed by atoms with Gasteiger partial charge in [0.1, 0.15) is 0 Å². The summed E-state index contributed by atoms with van der Waals surface area (Å²) in [5.74, 6) is 1.85. The van der Waals surface area contributed by atoms with E-state index in [-0.39, 0.29) is 11.8 Å². The van der Waals surface area contributed by atoms with Crippen LogP contribution in [0.2, 0.25) is 0 Å². The van der Waals surface area contributed by atoms with Crippen molar-refractivity contribution in [1.82, 2.24) is 16.0 Å². The van der Waals surface area contributed by atoms with Crippen molar-refractivity contribution in [2.75, 3.05) is 44.2 Å². The molecule has 1 saturated heterocycles. The molecule has 1 aromatic rings. The summed E-state index contributed by atoms with van der Waals surface area (Å²) in [6, 6.07) is 8.48. The maximum absolute atomic E-state index is 11.7.